The van der Waals surface area contributed by atoms with Gasteiger partial charge in [-0.25, -0.2) is 4.39 Å². The molecule has 0 atom stereocenters. The molecule has 6 N–H and O–H groups in total. The summed E-state index contributed by atoms with van der Waals surface area (Å²) >= 11 is 0. The minimum atomic E-state index is -0.583. The van der Waals surface area contributed by atoms with E-state index in [4.69, 9.17) is 11.5 Å². The van der Waals surface area contributed by atoms with Gasteiger partial charge in [0.25, 0.3) is 5.91 Å². The summed E-state index contributed by atoms with van der Waals surface area (Å²) in [5.41, 5.74) is 16.6. The van der Waals surface area contributed by atoms with Crippen LogP contribution >= 0.6 is 0 Å². The van der Waals surface area contributed by atoms with Crippen molar-refractivity contribution in [2.75, 3.05) is 5.32 Å². The topological polar surface area (TPSA) is 114 Å². The molecule has 7 heteroatoms. The Hall–Kier alpha value is -4.23. The number of fused-ring (bicyclic) bond motifs is 1. The molecule has 1 aromatic heterocycles. The van der Waals surface area contributed by atoms with Crippen LogP contribution in [0.1, 0.15) is 15.9 Å². The van der Waals surface area contributed by atoms with Gasteiger partial charge in [-0.2, -0.15) is 0 Å². The Morgan fingerprint density at radius 3 is 2.53 bits per heavy atom. The second-order valence-electron chi connectivity index (χ2n) is 7.24. The van der Waals surface area contributed by atoms with E-state index in [2.05, 4.69) is 16.9 Å². The summed E-state index contributed by atoms with van der Waals surface area (Å²) in [6, 6.07) is 16.9. The molecule has 0 bridgehead atoms. The highest BCUT2D eigenvalue weighted by Crippen LogP contribution is 2.37. The molecule has 0 aliphatic heterocycles. The van der Waals surface area contributed by atoms with Crippen LogP contribution in [0.15, 0.2) is 73.3 Å². The van der Waals surface area contributed by atoms with Gasteiger partial charge < -0.3 is 21.8 Å². The highest BCUT2D eigenvalue weighted by molar-refractivity contribution is 6.11. The molecule has 0 radical (unpaired) electrons. The quantitative estimate of drug-likeness (QED) is 0.343. The smallest absolute Gasteiger partial charge is 0.250 e. The number of primary amides is 1. The lowest BCUT2D eigenvalue weighted by Gasteiger charge is -2.15. The predicted molar refractivity (Wildman–Crippen MR) is 124 cm³/mol. The number of hydrogen-bond donors (Lipinski definition) is 4. The molecule has 0 saturated heterocycles. The first-order valence-electron chi connectivity index (χ1n) is 9.90. The summed E-state index contributed by atoms with van der Waals surface area (Å²) in [5, 5.41) is 3.50. The Balaban J connectivity index is 1.97. The lowest BCUT2D eigenvalue weighted by atomic mass is 9.93. The first kappa shape index (κ1) is 21.0. The largest absolute Gasteiger partial charge is 0.366 e. The first-order chi connectivity index (χ1) is 15.4. The number of halogens is 1. The Kier molecular flexibility index (Phi) is 5.57. The van der Waals surface area contributed by atoms with Gasteiger partial charge >= 0.3 is 0 Å². The van der Waals surface area contributed by atoms with Crippen molar-refractivity contribution in [3.05, 3.63) is 90.3 Å². The van der Waals surface area contributed by atoms with Crippen molar-refractivity contribution in [1.82, 2.24) is 4.98 Å². The van der Waals surface area contributed by atoms with Crippen LogP contribution in [0.3, 0.4) is 0 Å². The minimum absolute atomic E-state index is 0.170. The summed E-state index contributed by atoms with van der Waals surface area (Å²) in [7, 11) is 0. The number of nitrogens with one attached hydrogen (secondary N) is 2. The average Bonchev–Trinajstić information content (AvgIpc) is 3.23. The van der Waals surface area contributed by atoms with Crippen LogP contribution in [-0.2, 0) is 11.3 Å². The summed E-state index contributed by atoms with van der Waals surface area (Å²) in [6.07, 6.45) is 1.18. The normalized spacial score (nSPS) is 10.8. The minimum Gasteiger partial charge on any atom is -0.366 e. The van der Waals surface area contributed by atoms with Crippen LogP contribution in [0.2, 0.25) is 0 Å². The van der Waals surface area contributed by atoms with Crippen LogP contribution in [0.5, 0.6) is 0 Å². The van der Waals surface area contributed by atoms with E-state index in [1.54, 1.807) is 36.4 Å². The van der Waals surface area contributed by atoms with Gasteiger partial charge in [0.15, 0.2) is 0 Å². The van der Waals surface area contributed by atoms with E-state index in [-0.39, 0.29) is 18.3 Å². The molecule has 4 rings (SSSR count). The Morgan fingerprint density at radius 2 is 1.84 bits per heavy atom. The van der Waals surface area contributed by atoms with Crippen LogP contribution in [0.4, 0.5) is 10.1 Å². The number of amides is 2. The zero-order valence-electron chi connectivity index (χ0n) is 17.1. The second kappa shape index (κ2) is 8.49. The van der Waals surface area contributed by atoms with Gasteiger partial charge in [-0.15, -0.1) is 0 Å². The Bertz CT molecular complexity index is 1370. The van der Waals surface area contributed by atoms with E-state index in [0.29, 0.717) is 28.0 Å². The molecule has 0 aliphatic carbocycles. The van der Waals surface area contributed by atoms with Crippen LogP contribution in [0.25, 0.3) is 33.3 Å². The van der Waals surface area contributed by atoms with E-state index in [0.717, 1.165) is 22.1 Å². The van der Waals surface area contributed by atoms with E-state index < -0.39 is 5.91 Å². The van der Waals surface area contributed by atoms with Crippen molar-refractivity contribution in [3.63, 3.8) is 0 Å². The summed E-state index contributed by atoms with van der Waals surface area (Å²) in [6.45, 7) is 3.65. The van der Waals surface area contributed by atoms with Crippen molar-refractivity contribution in [2.24, 2.45) is 11.5 Å². The van der Waals surface area contributed by atoms with Gasteiger partial charge in [0.2, 0.25) is 5.91 Å². The zero-order chi connectivity index (χ0) is 22.8. The fourth-order valence-electron chi connectivity index (χ4n) is 3.83. The maximum atomic E-state index is 13.8. The molecule has 6 nitrogen and oxygen atoms in total. The highest BCUT2D eigenvalue weighted by Gasteiger charge is 2.18. The van der Waals surface area contributed by atoms with E-state index in [9.17, 15) is 14.0 Å². The predicted octanol–water partition coefficient (Wildman–Crippen LogP) is 4.32. The third-order valence-electron chi connectivity index (χ3n) is 5.31. The van der Waals surface area contributed by atoms with Gasteiger partial charge in [-0.1, -0.05) is 36.9 Å². The first-order valence-corrected chi connectivity index (χ1v) is 9.90. The monoisotopic (exact) mass is 428 g/mol. The Labute approximate surface area is 183 Å². The molecule has 2 amide bonds. The van der Waals surface area contributed by atoms with Crippen molar-refractivity contribution in [3.8, 4) is 22.4 Å². The fraction of sp³-hybridized carbons (Fsp3) is 0.0400. The van der Waals surface area contributed by atoms with Crippen molar-refractivity contribution in [2.45, 2.75) is 6.54 Å². The SMILES string of the molecule is C=CC(=O)Nc1cccc(-c2ccc(C(N)=O)c3[nH]c(-c4cccc(F)c4)cc23)c1CN. The maximum Gasteiger partial charge on any atom is 0.250 e. The summed E-state index contributed by atoms with van der Waals surface area (Å²) in [4.78, 5) is 27.1. The van der Waals surface area contributed by atoms with E-state index >= 15 is 0 Å². The van der Waals surface area contributed by atoms with Crippen LogP contribution in [-0.4, -0.2) is 16.8 Å². The number of hydrogen-bond acceptors (Lipinski definition) is 3. The summed E-state index contributed by atoms with van der Waals surface area (Å²) in [5.74, 6) is -1.30. The third kappa shape index (κ3) is 3.77. The molecule has 160 valence electrons. The number of benzene rings is 3. The van der Waals surface area contributed by atoms with Crippen molar-refractivity contribution < 1.29 is 14.0 Å². The summed E-state index contributed by atoms with van der Waals surface area (Å²) < 4.78 is 13.8. The number of H-pyrrole nitrogens is 1. The molecule has 0 spiro atoms. The highest BCUT2D eigenvalue weighted by atomic mass is 19.1. The molecular weight excluding hydrogens is 407 g/mol. The third-order valence-corrected chi connectivity index (χ3v) is 5.31. The van der Waals surface area contributed by atoms with Gasteiger partial charge in [-0.05, 0) is 53.1 Å². The number of anilines is 1. The van der Waals surface area contributed by atoms with Gasteiger partial charge in [0.1, 0.15) is 5.82 Å². The van der Waals surface area contributed by atoms with Gasteiger partial charge in [0.05, 0.1) is 11.1 Å². The number of aromatic amines is 1. The second-order valence-corrected chi connectivity index (χ2v) is 7.24. The molecule has 0 fully saturated rings. The fourth-order valence-corrected chi connectivity index (χ4v) is 3.83. The molecule has 3 aromatic carbocycles. The van der Waals surface area contributed by atoms with E-state index in [1.165, 1.54) is 18.2 Å². The molecule has 4 aromatic rings. The van der Waals surface area contributed by atoms with E-state index in [1.807, 2.05) is 12.1 Å². The lowest BCUT2D eigenvalue weighted by Crippen LogP contribution is -2.13. The molecule has 0 aliphatic rings. The van der Waals surface area contributed by atoms with Crippen molar-refractivity contribution in [1.29, 1.82) is 0 Å². The molecule has 32 heavy (non-hydrogen) atoms. The van der Waals surface area contributed by atoms with Gasteiger partial charge in [0, 0.05) is 28.9 Å². The average molecular weight is 428 g/mol. The number of carbonyl (C=O) groups excluding carboxylic acids is 2. The number of nitrogens with two attached hydrogens (primary N) is 2. The van der Waals surface area contributed by atoms with Gasteiger partial charge in [-0.3, -0.25) is 9.59 Å². The molecule has 0 unspecified atom stereocenters. The lowest BCUT2D eigenvalue weighted by molar-refractivity contribution is -0.111. The van der Waals surface area contributed by atoms with Crippen LogP contribution in [0, 0.1) is 5.82 Å². The molecule has 1 heterocycles. The number of aromatic nitrogens is 1. The van der Waals surface area contributed by atoms with Crippen molar-refractivity contribution >= 4 is 28.4 Å². The maximum absolute atomic E-state index is 13.8. The molecular formula is C25H21FN4O2. The Morgan fingerprint density at radius 1 is 1.06 bits per heavy atom. The van der Waals surface area contributed by atoms with Crippen LogP contribution < -0.4 is 16.8 Å². The number of rotatable bonds is 6. The standard InChI is InChI=1S/C25H21FN4O2/c1-2-23(31)29-21-8-4-7-16(20(21)13-27)17-9-10-18(25(28)32)24-19(17)12-22(30-24)14-5-3-6-15(26)11-14/h2-12,30H,1,13,27H2,(H2,28,32)(H,29,31). The number of carbonyl (C=O) groups is 2. The molecule has 0 saturated carbocycles. The zero-order valence-corrected chi connectivity index (χ0v) is 17.1.